The predicted octanol–water partition coefficient (Wildman–Crippen LogP) is 2.55. The van der Waals surface area contributed by atoms with Crippen molar-refractivity contribution in [1.29, 1.82) is 10.5 Å². The van der Waals surface area contributed by atoms with Crippen LogP contribution in [0.3, 0.4) is 0 Å². The van der Waals surface area contributed by atoms with E-state index in [9.17, 15) is 24.9 Å². The number of carbonyl (C=O) groups is 3. The third-order valence-corrected chi connectivity index (χ3v) is 6.90. The second kappa shape index (κ2) is 7.57. The Balaban J connectivity index is 2.05. The first kappa shape index (κ1) is 21.9. The van der Waals surface area contributed by atoms with Gasteiger partial charge in [-0.25, -0.2) is 9.59 Å². The van der Waals surface area contributed by atoms with E-state index in [0.717, 1.165) is 14.2 Å². The molecule has 35 heavy (non-hydrogen) atoms. The fraction of sp³-hybridized carbons (Fsp3) is 0.192. The molecular weight excluding hydrogens is 448 g/mol. The number of para-hydroxylation sites is 1. The lowest BCUT2D eigenvalue weighted by Crippen LogP contribution is -2.62. The van der Waals surface area contributed by atoms with Gasteiger partial charge in [0.2, 0.25) is 5.91 Å². The van der Waals surface area contributed by atoms with Gasteiger partial charge in [-0.2, -0.15) is 10.5 Å². The molecule has 1 spiro atoms. The summed E-state index contributed by atoms with van der Waals surface area (Å²) >= 11 is 0. The summed E-state index contributed by atoms with van der Waals surface area (Å²) in [5.41, 5.74) is -3.29. The Kier molecular flexibility index (Phi) is 4.75. The summed E-state index contributed by atoms with van der Waals surface area (Å²) in [6.45, 7) is 0. The first-order valence-corrected chi connectivity index (χ1v) is 10.6. The highest BCUT2D eigenvalue weighted by molar-refractivity contribution is 6.18. The number of hydrogen-bond donors (Lipinski definition) is 1. The number of carbonyl (C=O) groups excluding carboxylic acids is 3. The normalized spacial score (nSPS) is 22.8. The SMILES string of the molecule is COC(=O)C1=C(C(=O)OC)C2(C(=O)Nc3ccccc32)C(C#N)(C#N)[C@@H]2c3ccccc3C=CN12. The van der Waals surface area contributed by atoms with Crippen molar-refractivity contribution in [1.82, 2.24) is 4.90 Å². The van der Waals surface area contributed by atoms with Crippen LogP contribution >= 0.6 is 0 Å². The molecule has 0 aliphatic carbocycles. The molecule has 3 aliphatic heterocycles. The van der Waals surface area contributed by atoms with E-state index in [1.807, 2.05) is 0 Å². The van der Waals surface area contributed by atoms with Gasteiger partial charge in [-0.1, -0.05) is 42.5 Å². The molecule has 0 bridgehead atoms. The molecule has 0 saturated carbocycles. The van der Waals surface area contributed by atoms with E-state index < -0.39 is 40.3 Å². The van der Waals surface area contributed by atoms with Gasteiger partial charge in [-0.15, -0.1) is 0 Å². The van der Waals surface area contributed by atoms with Gasteiger partial charge in [0.15, 0.2) is 5.41 Å². The highest BCUT2D eigenvalue weighted by Gasteiger charge is 2.74. The number of methoxy groups -OCH3 is 2. The van der Waals surface area contributed by atoms with Crippen LogP contribution in [0, 0.1) is 28.1 Å². The molecule has 9 heteroatoms. The van der Waals surface area contributed by atoms with Crippen molar-refractivity contribution in [2.24, 2.45) is 5.41 Å². The molecule has 3 aliphatic rings. The van der Waals surface area contributed by atoms with Crippen LogP contribution < -0.4 is 5.32 Å². The van der Waals surface area contributed by atoms with Crippen LogP contribution in [-0.2, 0) is 29.3 Å². The van der Waals surface area contributed by atoms with E-state index in [-0.39, 0.29) is 11.3 Å². The van der Waals surface area contributed by atoms with Crippen molar-refractivity contribution in [2.45, 2.75) is 11.5 Å². The molecule has 5 rings (SSSR count). The number of fused-ring (bicyclic) bond motifs is 5. The fourth-order valence-corrected chi connectivity index (χ4v) is 5.53. The second-order valence-corrected chi connectivity index (χ2v) is 8.24. The molecule has 0 saturated heterocycles. The molecule has 0 aromatic heterocycles. The zero-order valence-electron chi connectivity index (χ0n) is 18.7. The van der Waals surface area contributed by atoms with Crippen molar-refractivity contribution in [2.75, 3.05) is 19.5 Å². The highest BCUT2D eigenvalue weighted by Crippen LogP contribution is 2.64. The standard InChI is InChI=1S/C26H18N4O5/c1-34-22(31)19-20(23(32)35-2)30-12-11-15-7-3-4-8-16(15)21(30)25(13-27,14-28)26(19)17-9-5-6-10-18(17)29-24(26)33/h3-12,21H,1-2H3,(H,29,33)/t21-,26?/m0/s1. The van der Waals surface area contributed by atoms with Gasteiger partial charge in [0.25, 0.3) is 0 Å². The highest BCUT2D eigenvalue weighted by atomic mass is 16.5. The Bertz CT molecular complexity index is 1450. The molecular formula is C26H18N4O5. The molecule has 172 valence electrons. The molecule has 2 aromatic carbocycles. The third kappa shape index (κ3) is 2.47. The minimum atomic E-state index is -2.19. The Morgan fingerprint density at radius 3 is 2.34 bits per heavy atom. The number of amides is 1. The maximum Gasteiger partial charge on any atom is 0.355 e. The van der Waals surface area contributed by atoms with Crippen LogP contribution in [-0.4, -0.2) is 37.0 Å². The number of nitrogens with zero attached hydrogens (tertiary/aromatic N) is 3. The lowest BCUT2D eigenvalue weighted by Gasteiger charge is -2.52. The minimum absolute atomic E-state index is 0.224. The van der Waals surface area contributed by atoms with E-state index in [4.69, 9.17) is 9.47 Å². The number of hydrogen-bond acceptors (Lipinski definition) is 8. The van der Waals surface area contributed by atoms with E-state index in [1.165, 1.54) is 11.1 Å². The van der Waals surface area contributed by atoms with Gasteiger partial charge in [-0.05, 0) is 28.8 Å². The average molecular weight is 466 g/mol. The van der Waals surface area contributed by atoms with Gasteiger partial charge in [0.05, 0.1) is 38.0 Å². The molecule has 3 heterocycles. The maximum absolute atomic E-state index is 14.0. The summed E-state index contributed by atoms with van der Waals surface area (Å²) in [5.74, 6) is -2.73. The smallest absolute Gasteiger partial charge is 0.355 e. The summed E-state index contributed by atoms with van der Waals surface area (Å²) in [4.78, 5) is 42.0. The number of benzene rings is 2. The zero-order valence-corrected chi connectivity index (χ0v) is 18.7. The Labute approximate surface area is 200 Å². The number of anilines is 1. The first-order chi connectivity index (χ1) is 16.9. The summed E-state index contributed by atoms with van der Waals surface area (Å²) < 4.78 is 10.1. The van der Waals surface area contributed by atoms with Gasteiger partial charge in [0, 0.05) is 11.9 Å². The quantitative estimate of drug-likeness (QED) is 0.668. The molecule has 0 fully saturated rings. The van der Waals surface area contributed by atoms with Crippen molar-refractivity contribution < 1.29 is 23.9 Å². The molecule has 1 unspecified atom stereocenters. The molecule has 1 N–H and O–H groups in total. The Morgan fingerprint density at radius 2 is 1.66 bits per heavy atom. The van der Waals surface area contributed by atoms with Gasteiger partial charge in [0.1, 0.15) is 11.1 Å². The molecule has 0 radical (unpaired) electrons. The van der Waals surface area contributed by atoms with Crippen molar-refractivity contribution >= 4 is 29.6 Å². The summed E-state index contributed by atoms with van der Waals surface area (Å²) in [6.07, 6.45) is 3.21. The van der Waals surface area contributed by atoms with E-state index >= 15 is 0 Å². The van der Waals surface area contributed by atoms with Crippen molar-refractivity contribution in [3.63, 3.8) is 0 Å². The predicted molar refractivity (Wildman–Crippen MR) is 122 cm³/mol. The second-order valence-electron chi connectivity index (χ2n) is 8.24. The number of nitrogens with one attached hydrogen (secondary N) is 1. The van der Waals surface area contributed by atoms with Gasteiger partial charge >= 0.3 is 11.9 Å². The Hall–Kier alpha value is -4.89. The van der Waals surface area contributed by atoms with Crippen LogP contribution in [0.2, 0.25) is 0 Å². The third-order valence-electron chi connectivity index (χ3n) is 6.90. The Morgan fingerprint density at radius 1 is 1.00 bits per heavy atom. The molecule has 2 atom stereocenters. The largest absolute Gasteiger partial charge is 0.466 e. The lowest BCUT2D eigenvalue weighted by atomic mass is 9.51. The number of esters is 2. The van der Waals surface area contributed by atoms with Crippen LogP contribution in [0.5, 0.6) is 0 Å². The van der Waals surface area contributed by atoms with E-state index in [1.54, 1.807) is 54.6 Å². The first-order valence-electron chi connectivity index (χ1n) is 10.6. The van der Waals surface area contributed by atoms with Crippen LogP contribution in [0.25, 0.3) is 6.08 Å². The maximum atomic E-state index is 14.0. The van der Waals surface area contributed by atoms with Crippen LogP contribution in [0.15, 0.2) is 66.0 Å². The van der Waals surface area contributed by atoms with Crippen LogP contribution in [0.4, 0.5) is 5.69 Å². The molecule has 2 aromatic rings. The minimum Gasteiger partial charge on any atom is -0.466 e. The monoisotopic (exact) mass is 466 g/mol. The molecule has 9 nitrogen and oxygen atoms in total. The van der Waals surface area contributed by atoms with E-state index in [0.29, 0.717) is 16.8 Å². The number of nitriles is 2. The van der Waals surface area contributed by atoms with Crippen LogP contribution in [0.1, 0.15) is 22.7 Å². The average Bonchev–Trinajstić information content (AvgIpc) is 3.19. The summed E-state index contributed by atoms with van der Waals surface area (Å²) in [6, 6.07) is 16.6. The van der Waals surface area contributed by atoms with E-state index in [2.05, 4.69) is 17.5 Å². The molecule has 1 amide bonds. The van der Waals surface area contributed by atoms with Crippen molar-refractivity contribution in [3.05, 3.63) is 82.7 Å². The summed E-state index contributed by atoms with van der Waals surface area (Å²) in [5, 5.41) is 24.2. The zero-order chi connectivity index (χ0) is 25.0. The lowest BCUT2D eigenvalue weighted by molar-refractivity contribution is -0.145. The van der Waals surface area contributed by atoms with Crippen molar-refractivity contribution in [3.8, 4) is 12.1 Å². The van der Waals surface area contributed by atoms with Gasteiger partial charge in [-0.3, -0.25) is 4.79 Å². The number of ether oxygens (including phenoxy) is 2. The topological polar surface area (TPSA) is 133 Å². The van der Waals surface area contributed by atoms with Gasteiger partial charge < -0.3 is 19.7 Å². The summed E-state index contributed by atoms with van der Waals surface area (Å²) in [7, 11) is 2.25. The number of rotatable bonds is 2. The fourth-order valence-electron chi connectivity index (χ4n) is 5.53.